The van der Waals surface area contributed by atoms with E-state index in [-0.39, 0.29) is 12.1 Å². The van der Waals surface area contributed by atoms with E-state index >= 15 is 0 Å². The lowest BCUT2D eigenvalue weighted by atomic mass is 10.1. The van der Waals surface area contributed by atoms with Gasteiger partial charge in [-0.2, -0.15) is 5.26 Å². The van der Waals surface area contributed by atoms with Gasteiger partial charge in [0.2, 0.25) is 0 Å². The van der Waals surface area contributed by atoms with Crippen LogP contribution in [0.3, 0.4) is 0 Å². The number of rotatable bonds is 1. The molecule has 0 aromatic heterocycles. The minimum Gasteiger partial charge on any atom is -0.366 e. The standard InChI is InChI=1S/C13H15F2N3/c1-8-7-18(9(2)6-17-8)10-3-12(14)11(5-16)13(15)4-10/h3-4,8-9,17H,6-7H2,1-2H3. The molecule has 0 saturated carbocycles. The summed E-state index contributed by atoms with van der Waals surface area (Å²) in [6.45, 7) is 5.47. The summed E-state index contributed by atoms with van der Waals surface area (Å²) in [5.74, 6) is -1.60. The molecular weight excluding hydrogens is 236 g/mol. The lowest BCUT2D eigenvalue weighted by Crippen LogP contribution is -2.54. The average Bonchev–Trinajstić information content (AvgIpc) is 2.32. The van der Waals surface area contributed by atoms with Crippen LogP contribution in [0.25, 0.3) is 0 Å². The molecule has 1 aromatic rings. The highest BCUT2D eigenvalue weighted by Gasteiger charge is 2.24. The molecule has 18 heavy (non-hydrogen) atoms. The number of hydrogen-bond donors (Lipinski definition) is 1. The van der Waals surface area contributed by atoms with Gasteiger partial charge in [0.25, 0.3) is 0 Å². The zero-order valence-corrected chi connectivity index (χ0v) is 10.4. The van der Waals surface area contributed by atoms with Crippen molar-refractivity contribution in [2.75, 3.05) is 18.0 Å². The third-order valence-corrected chi connectivity index (χ3v) is 3.23. The molecule has 2 rings (SSSR count). The summed E-state index contributed by atoms with van der Waals surface area (Å²) in [6, 6.07) is 4.42. The molecule has 1 saturated heterocycles. The van der Waals surface area contributed by atoms with Crippen LogP contribution in [0, 0.1) is 23.0 Å². The van der Waals surface area contributed by atoms with E-state index in [4.69, 9.17) is 5.26 Å². The summed E-state index contributed by atoms with van der Waals surface area (Å²) in [6.07, 6.45) is 0. The second-order valence-corrected chi connectivity index (χ2v) is 4.71. The fourth-order valence-electron chi connectivity index (χ4n) is 2.21. The first-order valence-corrected chi connectivity index (χ1v) is 5.92. The van der Waals surface area contributed by atoms with Crippen molar-refractivity contribution in [3.8, 4) is 6.07 Å². The molecule has 5 heteroatoms. The number of piperazine rings is 1. The van der Waals surface area contributed by atoms with Gasteiger partial charge in [0, 0.05) is 30.9 Å². The van der Waals surface area contributed by atoms with Crippen molar-refractivity contribution in [2.24, 2.45) is 0 Å². The smallest absolute Gasteiger partial charge is 0.146 e. The molecular formula is C13H15F2N3. The van der Waals surface area contributed by atoms with Gasteiger partial charge in [-0.1, -0.05) is 0 Å². The van der Waals surface area contributed by atoms with Gasteiger partial charge in [0.05, 0.1) is 0 Å². The van der Waals surface area contributed by atoms with E-state index < -0.39 is 17.2 Å². The summed E-state index contributed by atoms with van der Waals surface area (Å²) >= 11 is 0. The lowest BCUT2D eigenvalue weighted by Gasteiger charge is -2.39. The fourth-order valence-corrected chi connectivity index (χ4v) is 2.21. The van der Waals surface area contributed by atoms with E-state index in [0.717, 1.165) is 6.54 Å². The Balaban J connectivity index is 2.36. The van der Waals surface area contributed by atoms with Crippen molar-refractivity contribution in [1.29, 1.82) is 5.26 Å². The van der Waals surface area contributed by atoms with Gasteiger partial charge >= 0.3 is 0 Å². The average molecular weight is 251 g/mol. The summed E-state index contributed by atoms with van der Waals surface area (Å²) in [4.78, 5) is 1.95. The highest BCUT2D eigenvalue weighted by atomic mass is 19.1. The molecule has 0 amide bonds. The Labute approximate surface area is 105 Å². The van der Waals surface area contributed by atoms with E-state index in [0.29, 0.717) is 12.2 Å². The van der Waals surface area contributed by atoms with E-state index in [9.17, 15) is 8.78 Å². The largest absolute Gasteiger partial charge is 0.366 e. The molecule has 1 N–H and O–H groups in total. The van der Waals surface area contributed by atoms with Crippen molar-refractivity contribution < 1.29 is 8.78 Å². The lowest BCUT2D eigenvalue weighted by molar-refractivity contribution is 0.424. The second kappa shape index (κ2) is 4.91. The molecule has 1 aliphatic rings. The summed E-state index contributed by atoms with van der Waals surface area (Å²) in [7, 11) is 0. The molecule has 1 aliphatic heterocycles. The van der Waals surface area contributed by atoms with Crippen LogP contribution in [-0.2, 0) is 0 Å². The minimum atomic E-state index is -0.800. The van der Waals surface area contributed by atoms with Gasteiger partial charge in [0.15, 0.2) is 0 Å². The monoisotopic (exact) mass is 251 g/mol. The molecule has 2 unspecified atom stereocenters. The summed E-state index contributed by atoms with van der Waals surface area (Å²) in [5.41, 5.74) is -0.0283. The SMILES string of the molecule is CC1CN(c2cc(F)c(C#N)c(F)c2)C(C)CN1. The van der Waals surface area contributed by atoms with Crippen LogP contribution in [0.15, 0.2) is 12.1 Å². The van der Waals surface area contributed by atoms with Crippen LogP contribution in [0.2, 0.25) is 0 Å². The van der Waals surface area contributed by atoms with Gasteiger partial charge in [-0.25, -0.2) is 8.78 Å². The molecule has 3 nitrogen and oxygen atoms in total. The Hall–Kier alpha value is -1.67. The molecule has 96 valence electrons. The number of anilines is 1. The number of hydrogen-bond acceptors (Lipinski definition) is 3. The Morgan fingerprint density at radius 1 is 1.33 bits per heavy atom. The molecule has 2 atom stereocenters. The molecule has 0 aliphatic carbocycles. The van der Waals surface area contributed by atoms with Crippen LogP contribution in [0.4, 0.5) is 14.5 Å². The zero-order valence-electron chi connectivity index (χ0n) is 10.4. The third kappa shape index (κ3) is 2.29. The summed E-state index contributed by atoms with van der Waals surface area (Å²) in [5, 5.41) is 11.9. The molecule has 0 spiro atoms. The van der Waals surface area contributed by atoms with Gasteiger partial charge in [-0.3, -0.25) is 0 Å². The fraction of sp³-hybridized carbons (Fsp3) is 0.462. The number of benzene rings is 1. The van der Waals surface area contributed by atoms with E-state index in [2.05, 4.69) is 5.32 Å². The van der Waals surface area contributed by atoms with E-state index in [1.54, 1.807) is 0 Å². The first kappa shape index (κ1) is 12.8. The van der Waals surface area contributed by atoms with Crippen molar-refractivity contribution >= 4 is 5.69 Å². The predicted octanol–water partition coefficient (Wildman–Crippen LogP) is 2.02. The van der Waals surface area contributed by atoms with Crippen molar-refractivity contribution in [3.05, 3.63) is 29.3 Å². The molecule has 1 aromatic carbocycles. The van der Waals surface area contributed by atoms with Gasteiger partial charge in [-0.05, 0) is 26.0 Å². The molecule has 0 bridgehead atoms. The summed E-state index contributed by atoms with van der Waals surface area (Å²) < 4.78 is 27.2. The first-order chi connectivity index (χ1) is 8.52. The Bertz CT molecular complexity index is 472. The Morgan fingerprint density at radius 3 is 2.50 bits per heavy atom. The van der Waals surface area contributed by atoms with Crippen LogP contribution < -0.4 is 10.2 Å². The second-order valence-electron chi connectivity index (χ2n) is 4.71. The van der Waals surface area contributed by atoms with Gasteiger partial charge in [-0.15, -0.1) is 0 Å². The topological polar surface area (TPSA) is 39.1 Å². The van der Waals surface area contributed by atoms with E-state index in [1.165, 1.54) is 18.2 Å². The Kier molecular flexibility index (Phi) is 3.48. The molecule has 1 fully saturated rings. The number of nitriles is 1. The zero-order chi connectivity index (χ0) is 13.3. The van der Waals surface area contributed by atoms with Gasteiger partial charge in [0.1, 0.15) is 23.3 Å². The normalized spacial score (nSPS) is 23.8. The maximum atomic E-state index is 13.6. The van der Waals surface area contributed by atoms with Crippen molar-refractivity contribution in [3.63, 3.8) is 0 Å². The van der Waals surface area contributed by atoms with Crippen molar-refractivity contribution in [1.82, 2.24) is 5.32 Å². The van der Waals surface area contributed by atoms with Crippen molar-refractivity contribution in [2.45, 2.75) is 25.9 Å². The van der Waals surface area contributed by atoms with E-state index in [1.807, 2.05) is 18.7 Å². The number of nitrogens with one attached hydrogen (secondary N) is 1. The van der Waals surface area contributed by atoms with Crippen LogP contribution in [0.5, 0.6) is 0 Å². The highest BCUT2D eigenvalue weighted by Crippen LogP contribution is 2.24. The van der Waals surface area contributed by atoms with Crippen LogP contribution in [0.1, 0.15) is 19.4 Å². The van der Waals surface area contributed by atoms with Crippen LogP contribution in [-0.4, -0.2) is 25.2 Å². The Morgan fingerprint density at radius 2 is 1.94 bits per heavy atom. The quantitative estimate of drug-likeness (QED) is 0.830. The first-order valence-electron chi connectivity index (χ1n) is 5.92. The predicted molar refractivity (Wildman–Crippen MR) is 65.3 cm³/mol. The minimum absolute atomic E-state index is 0.160. The number of nitrogens with zero attached hydrogens (tertiary/aromatic N) is 2. The molecule has 0 radical (unpaired) electrons. The maximum absolute atomic E-state index is 13.6. The van der Waals surface area contributed by atoms with Gasteiger partial charge < -0.3 is 10.2 Å². The maximum Gasteiger partial charge on any atom is 0.146 e. The van der Waals surface area contributed by atoms with Crippen LogP contribution >= 0.6 is 0 Å². The third-order valence-electron chi connectivity index (χ3n) is 3.23. The number of halogens is 2. The molecule has 1 heterocycles. The highest BCUT2D eigenvalue weighted by molar-refractivity contribution is 5.52.